The fourth-order valence-electron chi connectivity index (χ4n) is 1.78. The summed E-state index contributed by atoms with van der Waals surface area (Å²) >= 11 is 1.65. The molecule has 3 N–H and O–H groups in total. The number of amides is 1. The Morgan fingerprint density at radius 2 is 2.28 bits per heavy atom. The van der Waals surface area contributed by atoms with Crippen molar-refractivity contribution in [3.05, 3.63) is 35.2 Å². The molecule has 0 spiro atoms. The van der Waals surface area contributed by atoms with Gasteiger partial charge < -0.3 is 11.1 Å². The van der Waals surface area contributed by atoms with Crippen LogP contribution in [0.3, 0.4) is 0 Å². The van der Waals surface area contributed by atoms with E-state index in [1.165, 1.54) is 4.70 Å². The molecule has 4 nitrogen and oxygen atoms in total. The molecule has 1 aromatic carbocycles. The van der Waals surface area contributed by atoms with E-state index < -0.39 is 6.04 Å². The lowest BCUT2D eigenvalue weighted by atomic mass is 10.1. The molecule has 0 aliphatic carbocycles. The summed E-state index contributed by atoms with van der Waals surface area (Å²) in [6.45, 7) is -0.00306. The number of carbonyl (C=O) groups excluding carboxylic acids is 1. The van der Waals surface area contributed by atoms with Crippen LogP contribution in [0.1, 0.15) is 5.56 Å². The van der Waals surface area contributed by atoms with E-state index in [2.05, 4.69) is 5.32 Å². The first kappa shape index (κ1) is 12.6. The molecule has 0 bridgehead atoms. The molecule has 0 saturated carbocycles. The predicted molar refractivity (Wildman–Crippen MR) is 72.1 cm³/mol. The zero-order chi connectivity index (χ0) is 13.0. The van der Waals surface area contributed by atoms with Gasteiger partial charge in [-0.25, -0.2) is 0 Å². The molecule has 1 unspecified atom stereocenters. The van der Waals surface area contributed by atoms with Gasteiger partial charge in [-0.2, -0.15) is 5.26 Å². The van der Waals surface area contributed by atoms with Gasteiger partial charge in [0, 0.05) is 4.70 Å². The normalized spacial score (nSPS) is 12.0. The van der Waals surface area contributed by atoms with Crippen molar-refractivity contribution in [2.75, 3.05) is 6.54 Å². The molecule has 18 heavy (non-hydrogen) atoms. The molecule has 5 heteroatoms. The quantitative estimate of drug-likeness (QED) is 0.815. The van der Waals surface area contributed by atoms with Crippen LogP contribution in [0.4, 0.5) is 0 Å². The summed E-state index contributed by atoms with van der Waals surface area (Å²) < 4.78 is 1.19. The lowest BCUT2D eigenvalue weighted by Crippen LogP contribution is -2.42. The Labute approximate surface area is 109 Å². The van der Waals surface area contributed by atoms with E-state index in [0.29, 0.717) is 6.42 Å². The molecule has 0 saturated heterocycles. The van der Waals surface area contributed by atoms with Crippen LogP contribution in [0.15, 0.2) is 29.6 Å². The second-order valence-electron chi connectivity index (χ2n) is 3.94. The predicted octanol–water partition coefficient (Wildman–Crippen LogP) is 1.41. The van der Waals surface area contributed by atoms with Gasteiger partial charge in [-0.3, -0.25) is 4.79 Å². The van der Waals surface area contributed by atoms with Gasteiger partial charge in [-0.1, -0.05) is 18.2 Å². The summed E-state index contributed by atoms with van der Waals surface area (Å²) in [5, 5.41) is 14.0. The van der Waals surface area contributed by atoms with E-state index >= 15 is 0 Å². The van der Waals surface area contributed by atoms with Crippen molar-refractivity contribution in [1.82, 2.24) is 5.32 Å². The standard InChI is InChI=1S/C13H13N3OS/c14-5-6-16-13(17)11(15)7-9-8-18-12-4-2-1-3-10(9)12/h1-4,8,11H,6-7,15H2,(H,16,17). The second-order valence-corrected chi connectivity index (χ2v) is 4.85. The summed E-state index contributed by atoms with van der Waals surface area (Å²) in [5.74, 6) is -0.285. The SMILES string of the molecule is N#CCNC(=O)C(N)Cc1csc2ccccc12. The number of nitriles is 1. The molecule has 1 aromatic heterocycles. The number of nitrogens with one attached hydrogen (secondary N) is 1. The largest absolute Gasteiger partial charge is 0.342 e. The number of hydrogen-bond donors (Lipinski definition) is 2. The van der Waals surface area contributed by atoms with Crippen LogP contribution in [0.25, 0.3) is 10.1 Å². The van der Waals surface area contributed by atoms with E-state index in [-0.39, 0.29) is 12.5 Å². The van der Waals surface area contributed by atoms with Crippen molar-refractivity contribution in [3.63, 3.8) is 0 Å². The zero-order valence-electron chi connectivity index (χ0n) is 9.72. The van der Waals surface area contributed by atoms with Crippen LogP contribution in [0.5, 0.6) is 0 Å². The third kappa shape index (κ3) is 2.67. The molecule has 92 valence electrons. The molecule has 0 fully saturated rings. The Morgan fingerprint density at radius 1 is 1.50 bits per heavy atom. The van der Waals surface area contributed by atoms with Crippen LogP contribution in [-0.2, 0) is 11.2 Å². The molecular weight excluding hydrogens is 246 g/mol. The first-order chi connectivity index (χ1) is 8.72. The van der Waals surface area contributed by atoms with Gasteiger partial charge in [-0.15, -0.1) is 11.3 Å². The van der Waals surface area contributed by atoms with Crippen molar-refractivity contribution in [2.45, 2.75) is 12.5 Å². The van der Waals surface area contributed by atoms with Crippen LogP contribution in [0, 0.1) is 11.3 Å². The first-order valence-electron chi connectivity index (χ1n) is 5.57. The number of fused-ring (bicyclic) bond motifs is 1. The molecule has 2 aromatic rings. The number of benzene rings is 1. The minimum atomic E-state index is -0.614. The van der Waals surface area contributed by atoms with Crippen LogP contribution < -0.4 is 11.1 Å². The average molecular weight is 259 g/mol. The number of carbonyl (C=O) groups is 1. The monoisotopic (exact) mass is 259 g/mol. The second kappa shape index (κ2) is 5.63. The summed E-state index contributed by atoms with van der Waals surface area (Å²) in [6.07, 6.45) is 0.487. The highest BCUT2D eigenvalue weighted by Gasteiger charge is 2.15. The van der Waals surface area contributed by atoms with Gasteiger partial charge in [0.25, 0.3) is 0 Å². The Hall–Kier alpha value is -1.90. The van der Waals surface area contributed by atoms with Gasteiger partial charge in [0.05, 0.1) is 12.1 Å². The third-order valence-electron chi connectivity index (χ3n) is 2.68. The Balaban J connectivity index is 2.09. The maximum Gasteiger partial charge on any atom is 0.238 e. The summed E-state index contributed by atoms with van der Waals surface area (Å²) in [4.78, 5) is 11.6. The summed E-state index contributed by atoms with van der Waals surface area (Å²) in [6, 6.07) is 9.28. The maximum absolute atomic E-state index is 11.6. The minimum absolute atomic E-state index is 0.00306. The number of hydrogen-bond acceptors (Lipinski definition) is 4. The molecular formula is C13H13N3OS. The van der Waals surface area contributed by atoms with Crippen LogP contribution >= 0.6 is 11.3 Å². The highest BCUT2D eigenvalue weighted by molar-refractivity contribution is 7.17. The minimum Gasteiger partial charge on any atom is -0.342 e. The van der Waals surface area contributed by atoms with E-state index in [0.717, 1.165) is 10.9 Å². The maximum atomic E-state index is 11.6. The molecule has 1 atom stereocenters. The van der Waals surface area contributed by atoms with Crippen molar-refractivity contribution in [2.24, 2.45) is 5.73 Å². The van der Waals surface area contributed by atoms with Gasteiger partial charge in [0.15, 0.2) is 0 Å². The van der Waals surface area contributed by atoms with Crippen molar-refractivity contribution in [3.8, 4) is 6.07 Å². The molecule has 0 aliphatic rings. The van der Waals surface area contributed by atoms with E-state index in [4.69, 9.17) is 11.0 Å². The lowest BCUT2D eigenvalue weighted by molar-refractivity contribution is -0.122. The smallest absolute Gasteiger partial charge is 0.238 e. The van der Waals surface area contributed by atoms with Gasteiger partial charge >= 0.3 is 0 Å². The zero-order valence-corrected chi connectivity index (χ0v) is 10.5. The number of thiophene rings is 1. The van der Waals surface area contributed by atoms with E-state index in [1.54, 1.807) is 11.3 Å². The first-order valence-corrected chi connectivity index (χ1v) is 6.45. The highest BCUT2D eigenvalue weighted by atomic mass is 32.1. The van der Waals surface area contributed by atoms with Crippen molar-refractivity contribution >= 4 is 27.3 Å². The van der Waals surface area contributed by atoms with Crippen LogP contribution in [0.2, 0.25) is 0 Å². The molecule has 1 heterocycles. The average Bonchev–Trinajstić information content (AvgIpc) is 2.79. The summed E-state index contributed by atoms with van der Waals surface area (Å²) in [7, 11) is 0. The van der Waals surface area contributed by atoms with Gasteiger partial charge in [0.2, 0.25) is 5.91 Å². The molecule has 1 amide bonds. The van der Waals surface area contributed by atoms with Crippen molar-refractivity contribution in [1.29, 1.82) is 5.26 Å². The van der Waals surface area contributed by atoms with Crippen molar-refractivity contribution < 1.29 is 4.79 Å². The van der Waals surface area contributed by atoms with Crippen LogP contribution in [-0.4, -0.2) is 18.5 Å². The Bertz CT molecular complexity index is 600. The lowest BCUT2D eigenvalue weighted by Gasteiger charge is -2.09. The van der Waals surface area contributed by atoms with E-state index in [9.17, 15) is 4.79 Å². The topological polar surface area (TPSA) is 78.9 Å². The molecule has 0 aliphatic heterocycles. The summed E-state index contributed by atoms with van der Waals surface area (Å²) in [5.41, 5.74) is 6.90. The van der Waals surface area contributed by atoms with E-state index in [1.807, 2.05) is 35.7 Å². The number of nitrogens with two attached hydrogens (primary N) is 1. The number of rotatable bonds is 4. The van der Waals surface area contributed by atoms with Gasteiger partial charge in [-0.05, 0) is 28.8 Å². The van der Waals surface area contributed by atoms with Gasteiger partial charge in [0.1, 0.15) is 6.54 Å². The third-order valence-corrected chi connectivity index (χ3v) is 3.69. The molecule has 2 rings (SSSR count). The highest BCUT2D eigenvalue weighted by Crippen LogP contribution is 2.26. The fourth-order valence-corrected chi connectivity index (χ4v) is 2.75. The number of nitrogens with zero attached hydrogens (tertiary/aromatic N) is 1. The fraction of sp³-hybridized carbons (Fsp3) is 0.231. The Morgan fingerprint density at radius 3 is 3.06 bits per heavy atom. The molecule has 0 radical (unpaired) electrons. The Kier molecular flexibility index (Phi) is 3.92.